The molecule has 5 aliphatic rings. The molecule has 4 heteroatoms. The SMILES string of the molecule is C=C(C)[C@@H]1CC[C@]2(/C=N/O)CC[C@]3(C)[C@H](CC[C@H]4[C@@]5(C)CC/C(=N\O)C(C)(C)[C@@H]5CC[C@]43C)[C@H]12. The molecular formula is C30H48N2O2. The number of fused-ring (bicyclic) bond motifs is 7. The molecule has 0 bridgehead atoms. The average Bonchev–Trinajstić information content (AvgIpc) is 3.14. The first-order chi connectivity index (χ1) is 15.9. The summed E-state index contributed by atoms with van der Waals surface area (Å²) in [6.45, 7) is 19.2. The molecule has 0 spiro atoms. The molecule has 5 aliphatic carbocycles. The Balaban J connectivity index is 1.56. The van der Waals surface area contributed by atoms with Gasteiger partial charge in [-0.1, -0.05) is 51.9 Å². The van der Waals surface area contributed by atoms with Crippen LogP contribution >= 0.6 is 0 Å². The highest BCUT2D eigenvalue weighted by molar-refractivity contribution is 5.90. The first kappa shape index (κ1) is 24.4. The summed E-state index contributed by atoms with van der Waals surface area (Å²) in [5.74, 6) is 3.06. The lowest BCUT2D eigenvalue weighted by atomic mass is 9.32. The Morgan fingerprint density at radius 3 is 2.26 bits per heavy atom. The molecule has 5 rings (SSSR count). The second-order valence-electron chi connectivity index (χ2n) is 14.4. The topological polar surface area (TPSA) is 65.2 Å². The Hall–Kier alpha value is -1.32. The van der Waals surface area contributed by atoms with Crippen LogP contribution in [0.15, 0.2) is 22.5 Å². The van der Waals surface area contributed by atoms with Gasteiger partial charge >= 0.3 is 0 Å². The van der Waals surface area contributed by atoms with Crippen molar-refractivity contribution in [2.24, 2.45) is 67.0 Å². The minimum absolute atomic E-state index is 0.0311. The highest BCUT2D eigenvalue weighted by Gasteiger charge is 2.70. The number of nitrogens with zero attached hydrogens (tertiary/aromatic N) is 2. The molecule has 190 valence electrons. The van der Waals surface area contributed by atoms with Crippen LogP contribution in [0.4, 0.5) is 0 Å². The molecule has 34 heavy (non-hydrogen) atoms. The third-order valence-corrected chi connectivity index (χ3v) is 13.3. The molecule has 0 aromatic heterocycles. The zero-order chi connectivity index (χ0) is 24.7. The van der Waals surface area contributed by atoms with Crippen LogP contribution in [-0.4, -0.2) is 22.3 Å². The van der Waals surface area contributed by atoms with Gasteiger partial charge in [0.2, 0.25) is 0 Å². The lowest BCUT2D eigenvalue weighted by Crippen LogP contribution is -2.66. The summed E-state index contributed by atoms with van der Waals surface area (Å²) >= 11 is 0. The van der Waals surface area contributed by atoms with Crippen LogP contribution in [0.1, 0.15) is 106 Å². The molecule has 5 saturated carbocycles. The molecule has 0 heterocycles. The van der Waals surface area contributed by atoms with E-state index in [2.05, 4.69) is 58.4 Å². The summed E-state index contributed by atoms with van der Waals surface area (Å²) in [6.07, 6.45) is 13.8. The second-order valence-corrected chi connectivity index (χ2v) is 14.4. The molecule has 5 fully saturated rings. The van der Waals surface area contributed by atoms with E-state index < -0.39 is 0 Å². The van der Waals surface area contributed by atoms with Gasteiger partial charge in [0.05, 0.1) is 11.9 Å². The summed E-state index contributed by atoms with van der Waals surface area (Å²) in [5.41, 5.74) is 3.27. The van der Waals surface area contributed by atoms with Crippen molar-refractivity contribution in [3.05, 3.63) is 12.2 Å². The van der Waals surface area contributed by atoms with Crippen molar-refractivity contribution in [1.82, 2.24) is 0 Å². The predicted molar refractivity (Wildman–Crippen MR) is 138 cm³/mol. The molecule has 4 nitrogen and oxygen atoms in total. The Morgan fingerprint density at radius 2 is 1.62 bits per heavy atom. The lowest BCUT2D eigenvalue weighted by molar-refractivity contribution is -0.222. The van der Waals surface area contributed by atoms with Crippen molar-refractivity contribution in [3.63, 3.8) is 0 Å². The molecule has 0 radical (unpaired) electrons. The molecule has 0 saturated heterocycles. The van der Waals surface area contributed by atoms with Gasteiger partial charge in [-0.3, -0.25) is 0 Å². The highest BCUT2D eigenvalue weighted by atomic mass is 16.4. The van der Waals surface area contributed by atoms with Gasteiger partial charge in [-0.2, -0.15) is 0 Å². The van der Waals surface area contributed by atoms with E-state index in [9.17, 15) is 10.4 Å². The maximum atomic E-state index is 9.76. The van der Waals surface area contributed by atoms with E-state index in [-0.39, 0.29) is 10.8 Å². The Kier molecular flexibility index (Phi) is 5.44. The maximum Gasteiger partial charge on any atom is 0.0630 e. The molecule has 9 atom stereocenters. The summed E-state index contributed by atoms with van der Waals surface area (Å²) in [6, 6.07) is 0. The lowest BCUT2D eigenvalue weighted by Gasteiger charge is -2.72. The van der Waals surface area contributed by atoms with Gasteiger partial charge in [-0.05, 0) is 117 Å². The normalized spacial score (nSPS) is 53.1. The van der Waals surface area contributed by atoms with Gasteiger partial charge in [0, 0.05) is 10.8 Å². The van der Waals surface area contributed by atoms with Crippen LogP contribution in [0.3, 0.4) is 0 Å². The first-order valence-corrected chi connectivity index (χ1v) is 14.0. The van der Waals surface area contributed by atoms with E-state index in [4.69, 9.17) is 0 Å². The molecule has 0 aliphatic heterocycles. The van der Waals surface area contributed by atoms with Gasteiger partial charge in [0.15, 0.2) is 0 Å². The van der Waals surface area contributed by atoms with Crippen LogP contribution < -0.4 is 0 Å². The van der Waals surface area contributed by atoms with Crippen LogP contribution in [0, 0.1) is 56.7 Å². The van der Waals surface area contributed by atoms with Crippen molar-refractivity contribution >= 4 is 11.9 Å². The predicted octanol–water partition coefficient (Wildman–Crippen LogP) is 7.93. The summed E-state index contributed by atoms with van der Waals surface area (Å²) in [5, 5.41) is 26.9. The third kappa shape index (κ3) is 2.83. The molecular weight excluding hydrogens is 420 g/mol. The average molecular weight is 469 g/mol. The first-order valence-electron chi connectivity index (χ1n) is 14.0. The molecule has 0 aromatic rings. The van der Waals surface area contributed by atoms with Crippen molar-refractivity contribution < 1.29 is 10.4 Å². The Bertz CT molecular complexity index is 923. The number of oxime groups is 2. The van der Waals surface area contributed by atoms with Crippen LogP contribution in [0.25, 0.3) is 0 Å². The zero-order valence-electron chi connectivity index (χ0n) is 22.5. The second kappa shape index (κ2) is 7.59. The maximum absolute atomic E-state index is 9.76. The quantitative estimate of drug-likeness (QED) is 0.187. The van der Waals surface area contributed by atoms with E-state index in [1.165, 1.54) is 44.1 Å². The summed E-state index contributed by atoms with van der Waals surface area (Å²) in [4.78, 5) is 0. The van der Waals surface area contributed by atoms with Crippen molar-refractivity contribution in [3.8, 4) is 0 Å². The number of hydrogen-bond donors (Lipinski definition) is 2. The Labute approximate surface area is 207 Å². The Morgan fingerprint density at radius 1 is 0.882 bits per heavy atom. The van der Waals surface area contributed by atoms with Crippen molar-refractivity contribution in [2.75, 3.05) is 0 Å². The fourth-order valence-corrected chi connectivity index (χ4v) is 11.5. The largest absolute Gasteiger partial charge is 0.411 e. The fourth-order valence-electron chi connectivity index (χ4n) is 11.5. The van der Waals surface area contributed by atoms with Crippen molar-refractivity contribution in [1.29, 1.82) is 0 Å². The monoisotopic (exact) mass is 468 g/mol. The highest BCUT2D eigenvalue weighted by Crippen LogP contribution is 2.77. The van der Waals surface area contributed by atoms with E-state index >= 15 is 0 Å². The smallest absolute Gasteiger partial charge is 0.0630 e. The van der Waals surface area contributed by atoms with Gasteiger partial charge in [0.25, 0.3) is 0 Å². The number of rotatable bonds is 2. The summed E-state index contributed by atoms with van der Waals surface area (Å²) in [7, 11) is 0. The standard InChI is InChI=1S/C30H48N2O2/c1-19(2)20-10-15-30(18-31-33)17-16-28(6)21(25(20)30)8-9-23-27(5)13-12-24(32-34)26(3,4)22(27)11-14-29(23,28)7/h18,20-23,25,33-34H,1,8-17H2,2-7H3/b31-18+,32-24+/t20-,21+,22-,23-,25-,27-,28+,29+,30+/m0/s1. The van der Waals surface area contributed by atoms with Gasteiger partial charge in [-0.25, -0.2) is 0 Å². The van der Waals surface area contributed by atoms with E-state index in [1.54, 1.807) is 0 Å². The molecule has 0 aromatic carbocycles. The molecule has 0 amide bonds. The number of hydrogen-bond acceptors (Lipinski definition) is 4. The third-order valence-electron chi connectivity index (χ3n) is 13.3. The minimum Gasteiger partial charge on any atom is -0.411 e. The van der Waals surface area contributed by atoms with Gasteiger partial charge < -0.3 is 10.4 Å². The van der Waals surface area contributed by atoms with Crippen LogP contribution in [-0.2, 0) is 0 Å². The zero-order valence-corrected chi connectivity index (χ0v) is 22.5. The van der Waals surface area contributed by atoms with Gasteiger partial charge in [0.1, 0.15) is 0 Å². The minimum atomic E-state index is -0.0311. The van der Waals surface area contributed by atoms with Crippen LogP contribution in [0.5, 0.6) is 0 Å². The van der Waals surface area contributed by atoms with Gasteiger partial charge in [-0.15, -0.1) is 5.16 Å². The van der Waals surface area contributed by atoms with E-state index in [0.717, 1.165) is 31.4 Å². The fraction of sp³-hybridized carbons (Fsp3) is 0.867. The van der Waals surface area contributed by atoms with E-state index in [1.807, 2.05) is 6.21 Å². The van der Waals surface area contributed by atoms with E-state index in [0.29, 0.717) is 45.8 Å². The number of allylic oxidation sites excluding steroid dienone is 1. The van der Waals surface area contributed by atoms with Crippen LogP contribution in [0.2, 0.25) is 0 Å². The van der Waals surface area contributed by atoms with Crippen molar-refractivity contribution in [2.45, 2.75) is 106 Å². The molecule has 2 N–H and O–H groups in total. The molecule has 0 unspecified atom stereocenters. The summed E-state index contributed by atoms with van der Waals surface area (Å²) < 4.78 is 0.